The van der Waals surface area contributed by atoms with Crippen molar-refractivity contribution in [2.75, 3.05) is 5.32 Å². The van der Waals surface area contributed by atoms with Crippen LogP contribution < -0.4 is 5.32 Å². The number of carbonyl (C=O) groups is 2. The van der Waals surface area contributed by atoms with Crippen molar-refractivity contribution in [2.24, 2.45) is 5.92 Å². The Hall–Kier alpha value is -2.55. The summed E-state index contributed by atoms with van der Waals surface area (Å²) in [6, 6.07) is 13.7. The summed E-state index contributed by atoms with van der Waals surface area (Å²) in [7, 11) is 0. The normalized spacial score (nSPS) is 13.2. The maximum Gasteiger partial charge on any atom is 0.412 e. The van der Waals surface area contributed by atoms with E-state index in [1.54, 1.807) is 43.3 Å². The van der Waals surface area contributed by atoms with Gasteiger partial charge in [0.15, 0.2) is 0 Å². The fourth-order valence-electron chi connectivity index (χ4n) is 2.33. The largest absolute Gasteiger partial charge is 0.508 e. The summed E-state index contributed by atoms with van der Waals surface area (Å²) in [5.74, 6) is -1.61. The number of hydrogen-bond donors (Lipinski definition) is 3. The van der Waals surface area contributed by atoms with Gasteiger partial charge in [-0.15, -0.1) is 0 Å². The summed E-state index contributed by atoms with van der Waals surface area (Å²) < 4.78 is 6.36. The van der Waals surface area contributed by atoms with Crippen molar-refractivity contribution >= 4 is 40.3 Å². The van der Waals surface area contributed by atoms with Gasteiger partial charge in [0.2, 0.25) is 0 Å². The first-order chi connectivity index (χ1) is 12.4. The molecule has 2 rings (SSSR count). The average molecular weight is 467 g/mol. The van der Waals surface area contributed by atoms with Crippen molar-refractivity contribution in [1.29, 1.82) is 0 Å². The molecule has 0 fully saturated rings. The standard InChI is InChI=1S/C19H18INO5/c1-12(7-10-17(23)24)18(15-11-13(20)8-9-16(15)22)26-19(25)21-14-5-3-2-4-6-14/h2-12,18,22H,1H3,(H,21,25)(H,23,24)/b10-7+/t12-,18+/m1/s1. The number of carboxylic acids is 1. The summed E-state index contributed by atoms with van der Waals surface area (Å²) in [6.07, 6.45) is 0.850. The lowest BCUT2D eigenvalue weighted by Crippen LogP contribution is -2.21. The predicted octanol–water partition coefficient (Wildman–Crippen LogP) is 4.56. The van der Waals surface area contributed by atoms with E-state index in [0.717, 1.165) is 9.65 Å². The topological polar surface area (TPSA) is 95.9 Å². The molecule has 0 saturated carbocycles. The Morgan fingerprint density at radius 2 is 1.88 bits per heavy atom. The fourth-order valence-corrected chi connectivity index (χ4v) is 2.84. The zero-order chi connectivity index (χ0) is 19.1. The average Bonchev–Trinajstić information content (AvgIpc) is 2.60. The molecule has 0 spiro atoms. The lowest BCUT2D eigenvalue weighted by Gasteiger charge is -2.23. The van der Waals surface area contributed by atoms with Gasteiger partial charge in [0.25, 0.3) is 0 Å². The van der Waals surface area contributed by atoms with Crippen molar-refractivity contribution < 1.29 is 24.5 Å². The Bertz CT molecular complexity index is 807. The highest BCUT2D eigenvalue weighted by molar-refractivity contribution is 14.1. The molecule has 7 heteroatoms. The molecule has 0 heterocycles. The summed E-state index contributed by atoms with van der Waals surface area (Å²) in [5.41, 5.74) is 0.972. The second kappa shape index (κ2) is 9.23. The number of halogens is 1. The molecule has 2 atom stereocenters. The van der Waals surface area contributed by atoms with Crippen molar-refractivity contribution in [2.45, 2.75) is 13.0 Å². The number of anilines is 1. The third kappa shape index (κ3) is 5.76. The van der Waals surface area contributed by atoms with Crippen LogP contribution in [-0.4, -0.2) is 22.3 Å². The van der Waals surface area contributed by atoms with Crippen LogP contribution in [0.1, 0.15) is 18.6 Å². The van der Waals surface area contributed by atoms with Gasteiger partial charge >= 0.3 is 12.1 Å². The van der Waals surface area contributed by atoms with Crippen molar-refractivity contribution in [3.8, 4) is 5.75 Å². The third-order valence-electron chi connectivity index (χ3n) is 3.57. The number of carbonyl (C=O) groups excluding carboxylic acids is 1. The molecule has 26 heavy (non-hydrogen) atoms. The van der Waals surface area contributed by atoms with Crippen LogP contribution in [0.3, 0.4) is 0 Å². The first-order valence-electron chi connectivity index (χ1n) is 7.79. The molecule has 0 bridgehead atoms. The zero-order valence-corrected chi connectivity index (χ0v) is 16.1. The number of benzene rings is 2. The molecule has 1 amide bonds. The molecule has 0 aliphatic heterocycles. The smallest absolute Gasteiger partial charge is 0.412 e. The van der Waals surface area contributed by atoms with Gasteiger partial charge in [-0.3, -0.25) is 5.32 Å². The summed E-state index contributed by atoms with van der Waals surface area (Å²) in [4.78, 5) is 23.1. The quantitative estimate of drug-likeness (QED) is 0.428. The minimum Gasteiger partial charge on any atom is -0.508 e. The molecule has 0 saturated heterocycles. The molecule has 0 aromatic heterocycles. The van der Waals surface area contributed by atoms with E-state index in [1.807, 2.05) is 6.07 Å². The van der Waals surface area contributed by atoms with E-state index in [2.05, 4.69) is 27.9 Å². The zero-order valence-electron chi connectivity index (χ0n) is 13.9. The Morgan fingerprint density at radius 1 is 1.19 bits per heavy atom. The van der Waals surface area contributed by atoms with Gasteiger partial charge in [0.05, 0.1) is 0 Å². The van der Waals surface area contributed by atoms with Crippen LogP contribution in [0.25, 0.3) is 0 Å². The summed E-state index contributed by atoms with van der Waals surface area (Å²) in [6.45, 7) is 1.71. The van der Waals surface area contributed by atoms with E-state index < -0.39 is 24.1 Å². The number of para-hydroxylation sites is 1. The third-order valence-corrected chi connectivity index (χ3v) is 4.24. The number of phenolic OH excluding ortho intramolecular Hbond substituents is 1. The SMILES string of the molecule is C[C@H](/C=C/C(=O)O)[C@H](OC(=O)Nc1ccccc1)c1cc(I)ccc1O. The van der Waals surface area contributed by atoms with Crippen LogP contribution in [0.15, 0.2) is 60.7 Å². The van der Waals surface area contributed by atoms with Gasteiger partial charge in [0, 0.05) is 26.8 Å². The second-order valence-electron chi connectivity index (χ2n) is 5.58. The lowest BCUT2D eigenvalue weighted by molar-refractivity contribution is -0.131. The summed E-state index contributed by atoms with van der Waals surface area (Å²) in [5, 5.41) is 21.6. The molecule has 0 unspecified atom stereocenters. The van der Waals surface area contributed by atoms with Gasteiger partial charge in [-0.05, 0) is 52.9 Å². The number of amides is 1. The van der Waals surface area contributed by atoms with Gasteiger partial charge in [-0.1, -0.05) is 31.2 Å². The van der Waals surface area contributed by atoms with E-state index >= 15 is 0 Å². The molecular formula is C19H18INO5. The van der Waals surface area contributed by atoms with Crippen LogP contribution in [0.4, 0.5) is 10.5 Å². The number of aliphatic carboxylic acids is 1. The minimum absolute atomic E-state index is 0.0292. The fraction of sp³-hybridized carbons (Fsp3) is 0.158. The molecule has 136 valence electrons. The Morgan fingerprint density at radius 3 is 2.54 bits per heavy atom. The number of hydrogen-bond acceptors (Lipinski definition) is 4. The second-order valence-corrected chi connectivity index (χ2v) is 6.82. The first kappa shape index (κ1) is 19.8. The Labute approximate surface area is 164 Å². The highest BCUT2D eigenvalue weighted by atomic mass is 127. The van der Waals surface area contributed by atoms with E-state index in [-0.39, 0.29) is 5.75 Å². The molecule has 2 aromatic rings. The first-order valence-corrected chi connectivity index (χ1v) is 8.87. The van der Waals surface area contributed by atoms with Crippen LogP contribution in [0.5, 0.6) is 5.75 Å². The number of carboxylic acid groups (broad SMARTS) is 1. The van der Waals surface area contributed by atoms with Crippen LogP contribution in [0.2, 0.25) is 0 Å². The maximum absolute atomic E-state index is 12.3. The number of rotatable bonds is 6. The number of nitrogens with one attached hydrogen (secondary N) is 1. The van der Waals surface area contributed by atoms with Crippen molar-refractivity contribution in [3.05, 3.63) is 69.8 Å². The molecule has 2 aromatic carbocycles. The van der Waals surface area contributed by atoms with E-state index in [0.29, 0.717) is 11.3 Å². The van der Waals surface area contributed by atoms with Crippen molar-refractivity contribution in [1.82, 2.24) is 0 Å². The lowest BCUT2D eigenvalue weighted by atomic mass is 9.96. The number of aromatic hydroxyl groups is 1. The van der Waals surface area contributed by atoms with Crippen molar-refractivity contribution in [3.63, 3.8) is 0 Å². The molecular weight excluding hydrogens is 449 g/mol. The minimum atomic E-state index is -1.10. The Balaban J connectivity index is 2.26. The van der Waals surface area contributed by atoms with Crippen LogP contribution >= 0.6 is 22.6 Å². The van der Waals surface area contributed by atoms with Gasteiger partial charge in [0.1, 0.15) is 11.9 Å². The van der Waals surface area contributed by atoms with E-state index in [1.165, 1.54) is 12.1 Å². The van der Waals surface area contributed by atoms with Gasteiger partial charge < -0.3 is 14.9 Å². The molecule has 0 aliphatic carbocycles. The monoisotopic (exact) mass is 467 g/mol. The number of ether oxygens (including phenoxy) is 1. The molecule has 3 N–H and O–H groups in total. The number of phenols is 1. The highest BCUT2D eigenvalue weighted by Crippen LogP contribution is 2.34. The predicted molar refractivity (Wildman–Crippen MR) is 106 cm³/mol. The molecule has 0 radical (unpaired) electrons. The van der Waals surface area contributed by atoms with E-state index in [9.17, 15) is 14.7 Å². The van der Waals surface area contributed by atoms with Gasteiger partial charge in [-0.2, -0.15) is 0 Å². The maximum atomic E-state index is 12.3. The van der Waals surface area contributed by atoms with Gasteiger partial charge in [-0.25, -0.2) is 9.59 Å². The van der Waals surface area contributed by atoms with Crippen LogP contribution in [0, 0.1) is 9.49 Å². The van der Waals surface area contributed by atoms with E-state index in [4.69, 9.17) is 9.84 Å². The Kier molecular flexibility index (Phi) is 7.02. The van der Waals surface area contributed by atoms with Crippen LogP contribution in [-0.2, 0) is 9.53 Å². The highest BCUT2D eigenvalue weighted by Gasteiger charge is 2.25. The molecule has 6 nitrogen and oxygen atoms in total. The summed E-state index contributed by atoms with van der Waals surface area (Å²) >= 11 is 2.08. The molecule has 0 aliphatic rings.